The maximum Gasteiger partial charge on any atom is 0.451 e. The minimum Gasteiger partial charge on any atom is -0.427 e. The predicted octanol–water partition coefficient (Wildman–Crippen LogP) is 2.21. The molecule has 0 saturated carbocycles. The maximum atomic E-state index is 8.55. The first-order valence-electron chi connectivity index (χ1n) is 5.13. The smallest absolute Gasteiger partial charge is 0.427 e. The van der Waals surface area contributed by atoms with Crippen LogP contribution in [0.5, 0.6) is 0 Å². The van der Waals surface area contributed by atoms with E-state index in [4.69, 9.17) is 10.0 Å². The van der Waals surface area contributed by atoms with E-state index >= 15 is 0 Å². The van der Waals surface area contributed by atoms with Gasteiger partial charge in [0.25, 0.3) is 0 Å². The third kappa shape index (κ3) is 9.98. The lowest BCUT2D eigenvalue weighted by atomic mass is 9.83. The lowest BCUT2D eigenvalue weighted by Crippen LogP contribution is -2.09. The zero-order valence-electron chi connectivity index (χ0n) is 8.13. The van der Waals surface area contributed by atoms with Crippen LogP contribution in [0.2, 0.25) is 6.32 Å². The van der Waals surface area contributed by atoms with Crippen molar-refractivity contribution in [1.82, 2.24) is 0 Å². The van der Waals surface area contributed by atoms with Crippen molar-refractivity contribution in [2.75, 3.05) is 0 Å². The van der Waals surface area contributed by atoms with Gasteiger partial charge >= 0.3 is 7.12 Å². The van der Waals surface area contributed by atoms with E-state index in [1.807, 2.05) is 0 Å². The highest BCUT2D eigenvalue weighted by Gasteiger charge is 2.04. The van der Waals surface area contributed by atoms with Crippen molar-refractivity contribution in [3.63, 3.8) is 0 Å². The second-order valence-electron chi connectivity index (χ2n) is 3.39. The Morgan fingerprint density at radius 1 is 0.833 bits per heavy atom. The van der Waals surface area contributed by atoms with Gasteiger partial charge in [-0.3, -0.25) is 0 Å². The molecule has 0 aliphatic rings. The lowest BCUT2D eigenvalue weighted by molar-refractivity contribution is 0.401. The summed E-state index contributed by atoms with van der Waals surface area (Å²) in [6.07, 6.45) is 9.12. The Morgan fingerprint density at radius 2 is 1.33 bits per heavy atom. The van der Waals surface area contributed by atoms with E-state index in [1.54, 1.807) is 0 Å². The third-order valence-electron chi connectivity index (χ3n) is 2.07. The minimum absolute atomic E-state index is 0.535. The van der Waals surface area contributed by atoms with Crippen molar-refractivity contribution in [1.29, 1.82) is 0 Å². The zero-order valence-corrected chi connectivity index (χ0v) is 8.13. The van der Waals surface area contributed by atoms with Gasteiger partial charge in [0, 0.05) is 0 Å². The summed E-state index contributed by atoms with van der Waals surface area (Å²) in [5.41, 5.74) is 0. The van der Waals surface area contributed by atoms with E-state index in [-0.39, 0.29) is 0 Å². The molecule has 0 heterocycles. The second-order valence-corrected chi connectivity index (χ2v) is 3.39. The molecule has 0 spiro atoms. The Balaban J connectivity index is 2.82. The number of rotatable bonds is 8. The monoisotopic (exact) mass is 172 g/mol. The first-order valence-corrected chi connectivity index (χ1v) is 5.13. The SMILES string of the molecule is CCCCCCCCCB(O)O. The molecule has 0 bridgehead atoms. The van der Waals surface area contributed by atoms with Crippen LogP contribution < -0.4 is 0 Å². The predicted molar refractivity (Wildman–Crippen MR) is 53.0 cm³/mol. The summed E-state index contributed by atoms with van der Waals surface area (Å²) >= 11 is 0. The Kier molecular flexibility index (Phi) is 9.06. The summed E-state index contributed by atoms with van der Waals surface area (Å²) < 4.78 is 0. The topological polar surface area (TPSA) is 40.5 Å². The molecule has 72 valence electrons. The molecule has 0 aliphatic carbocycles. The average Bonchev–Trinajstić information content (AvgIpc) is 2.02. The Hall–Kier alpha value is -0.0151. The van der Waals surface area contributed by atoms with Gasteiger partial charge in [-0.05, 0) is 6.32 Å². The first kappa shape index (κ1) is 12.0. The van der Waals surface area contributed by atoms with Gasteiger partial charge in [0.2, 0.25) is 0 Å². The molecule has 0 saturated heterocycles. The molecule has 0 aromatic carbocycles. The summed E-state index contributed by atoms with van der Waals surface area (Å²) in [6.45, 7) is 2.21. The molecule has 0 fully saturated rings. The molecule has 0 aromatic heterocycles. The van der Waals surface area contributed by atoms with Crippen LogP contribution in [0.4, 0.5) is 0 Å². The van der Waals surface area contributed by atoms with Gasteiger partial charge in [-0.1, -0.05) is 51.9 Å². The molecule has 0 atom stereocenters. The molecule has 0 aromatic rings. The van der Waals surface area contributed by atoms with Crippen LogP contribution in [0.3, 0.4) is 0 Å². The molecule has 0 unspecified atom stereocenters. The van der Waals surface area contributed by atoms with Gasteiger partial charge in [-0.2, -0.15) is 0 Å². The van der Waals surface area contributed by atoms with Crippen molar-refractivity contribution < 1.29 is 10.0 Å². The third-order valence-corrected chi connectivity index (χ3v) is 2.07. The molecule has 0 rings (SSSR count). The van der Waals surface area contributed by atoms with Crippen molar-refractivity contribution in [3.05, 3.63) is 0 Å². The summed E-state index contributed by atoms with van der Waals surface area (Å²) in [5, 5.41) is 17.1. The highest BCUT2D eigenvalue weighted by Crippen LogP contribution is 2.08. The largest absolute Gasteiger partial charge is 0.451 e. The Bertz CT molecular complexity index is 86.6. The first-order chi connectivity index (χ1) is 5.77. The fourth-order valence-corrected chi connectivity index (χ4v) is 1.28. The minimum atomic E-state index is -1.10. The van der Waals surface area contributed by atoms with Crippen LogP contribution >= 0.6 is 0 Å². The van der Waals surface area contributed by atoms with Crippen molar-refractivity contribution >= 4 is 7.12 Å². The summed E-state index contributed by atoms with van der Waals surface area (Å²) in [5.74, 6) is 0. The van der Waals surface area contributed by atoms with E-state index in [1.165, 1.54) is 32.1 Å². The Labute approximate surface area is 76.1 Å². The van der Waals surface area contributed by atoms with Gasteiger partial charge < -0.3 is 10.0 Å². The second kappa shape index (κ2) is 9.08. The number of unbranched alkanes of at least 4 members (excludes halogenated alkanes) is 6. The highest BCUT2D eigenvalue weighted by molar-refractivity contribution is 6.40. The van der Waals surface area contributed by atoms with Gasteiger partial charge in [0.1, 0.15) is 0 Å². The van der Waals surface area contributed by atoms with Crippen LogP contribution in [0, 0.1) is 0 Å². The molecule has 0 radical (unpaired) electrons. The molecule has 0 amide bonds. The number of hydrogen-bond donors (Lipinski definition) is 2. The van der Waals surface area contributed by atoms with Crippen LogP contribution in [0.15, 0.2) is 0 Å². The maximum absolute atomic E-state index is 8.55. The molecule has 2 N–H and O–H groups in total. The van der Waals surface area contributed by atoms with Gasteiger partial charge in [-0.25, -0.2) is 0 Å². The zero-order chi connectivity index (χ0) is 9.23. The summed E-state index contributed by atoms with van der Waals surface area (Å²) in [6, 6.07) is 0. The van der Waals surface area contributed by atoms with Gasteiger partial charge in [-0.15, -0.1) is 0 Å². The molecule has 12 heavy (non-hydrogen) atoms. The molecular weight excluding hydrogens is 151 g/mol. The van der Waals surface area contributed by atoms with E-state index in [2.05, 4.69) is 6.92 Å². The van der Waals surface area contributed by atoms with E-state index in [0.29, 0.717) is 6.32 Å². The van der Waals surface area contributed by atoms with Gasteiger partial charge in [0.15, 0.2) is 0 Å². The van der Waals surface area contributed by atoms with Crippen LogP contribution in [0.25, 0.3) is 0 Å². The fraction of sp³-hybridized carbons (Fsp3) is 1.00. The highest BCUT2D eigenvalue weighted by atomic mass is 16.4. The van der Waals surface area contributed by atoms with Crippen molar-refractivity contribution in [3.8, 4) is 0 Å². The van der Waals surface area contributed by atoms with Gasteiger partial charge in [0.05, 0.1) is 0 Å². The normalized spacial score (nSPS) is 10.2. The standard InChI is InChI=1S/C9H21BO2/c1-2-3-4-5-6-7-8-9-10(11)12/h11-12H,2-9H2,1H3. The van der Waals surface area contributed by atoms with Crippen LogP contribution in [0.1, 0.15) is 51.9 Å². The van der Waals surface area contributed by atoms with Crippen LogP contribution in [-0.2, 0) is 0 Å². The number of hydrogen-bond acceptors (Lipinski definition) is 2. The molecule has 0 aliphatic heterocycles. The summed E-state index contributed by atoms with van der Waals surface area (Å²) in [7, 11) is -1.10. The average molecular weight is 172 g/mol. The van der Waals surface area contributed by atoms with Crippen molar-refractivity contribution in [2.45, 2.75) is 58.2 Å². The summed E-state index contributed by atoms with van der Waals surface area (Å²) in [4.78, 5) is 0. The van der Waals surface area contributed by atoms with Crippen LogP contribution in [-0.4, -0.2) is 17.2 Å². The lowest BCUT2D eigenvalue weighted by Gasteiger charge is -2.00. The quantitative estimate of drug-likeness (QED) is 0.435. The molecule has 2 nitrogen and oxygen atoms in total. The fourth-order valence-electron chi connectivity index (χ4n) is 1.28. The molecular formula is C9H21BO2. The van der Waals surface area contributed by atoms with E-state index in [9.17, 15) is 0 Å². The molecule has 3 heteroatoms. The van der Waals surface area contributed by atoms with E-state index in [0.717, 1.165) is 12.8 Å². The van der Waals surface area contributed by atoms with Crippen molar-refractivity contribution in [2.24, 2.45) is 0 Å². The Morgan fingerprint density at radius 3 is 1.83 bits per heavy atom. The van der Waals surface area contributed by atoms with E-state index < -0.39 is 7.12 Å².